The molecule has 1 spiro atoms. The Morgan fingerprint density at radius 1 is 1.14 bits per heavy atom. The van der Waals surface area contributed by atoms with E-state index < -0.39 is 24.4 Å². The van der Waals surface area contributed by atoms with Gasteiger partial charge in [-0.05, 0) is 30.0 Å². The zero-order chi connectivity index (χ0) is 19.9. The quantitative estimate of drug-likeness (QED) is 0.814. The van der Waals surface area contributed by atoms with Crippen molar-refractivity contribution >= 4 is 11.9 Å². The van der Waals surface area contributed by atoms with Crippen LogP contribution in [0.15, 0.2) is 42.5 Å². The monoisotopic (exact) mass is 391 g/mol. The van der Waals surface area contributed by atoms with Crippen LogP contribution in [0.3, 0.4) is 0 Å². The molecular formula is C19H16F3N3O3. The SMILES string of the molecule is O=C1NC2(CCc3ccccc32)C(=O)N1Cc1cccc(OCC(F)(F)F)n1. The van der Waals surface area contributed by atoms with Crippen LogP contribution < -0.4 is 10.1 Å². The number of pyridine rings is 1. The van der Waals surface area contributed by atoms with E-state index in [0.717, 1.165) is 16.0 Å². The van der Waals surface area contributed by atoms with Crippen molar-refractivity contribution in [2.45, 2.75) is 31.1 Å². The van der Waals surface area contributed by atoms with Gasteiger partial charge in [0.05, 0.1) is 12.2 Å². The molecule has 9 heteroatoms. The van der Waals surface area contributed by atoms with Gasteiger partial charge in [0.15, 0.2) is 6.61 Å². The van der Waals surface area contributed by atoms with Crippen molar-refractivity contribution in [2.24, 2.45) is 0 Å². The van der Waals surface area contributed by atoms with Gasteiger partial charge in [-0.1, -0.05) is 30.3 Å². The van der Waals surface area contributed by atoms with Gasteiger partial charge in [-0.3, -0.25) is 9.69 Å². The first kappa shape index (κ1) is 18.3. The lowest BCUT2D eigenvalue weighted by atomic mass is 9.92. The Morgan fingerprint density at radius 2 is 1.93 bits per heavy atom. The third-order valence-corrected chi connectivity index (χ3v) is 4.91. The molecule has 28 heavy (non-hydrogen) atoms. The highest BCUT2D eigenvalue weighted by atomic mass is 19.4. The van der Waals surface area contributed by atoms with E-state index in [1.54, 1.807) is 0 Å². The number of ether oxygens (including phenoxy) is 1. The number of benzene rings is 1. The molecule has 3 amide bonds. The van der Waals surface area contributed by atoms with Gasteiger partial charge >= 0.3 is 12.2 Å². The topological polar surface area (TPSA) is 71.5 Å². The lowest BCUT2D eigenvalue weighted by Gasteiger charge is -2.22. The van der Waals surface area contributed by atoms with Crippen molar-refractivity contribution in [2.75, 3.05) is 6.61 Å². The molecule has 1 saturated heterocycles. The number of imide groups is 1. The number of hydrogen-bond donors (Lipinski definition) is 1. The van der Waals surface area contributed by atoms with Gasteiger partial charge in [0.2, 0.25) is 5.88 Å². The Bertz CT molecular complexity index is 947. The van der Waals surface area contributed by atoms with Crippen molar-refractivity contribution < 1.29 is 27.5 Å². The highest BCUT2D eigenvalue weighted by molar-refractivity contribution is 6.08. The Labute approximate surface area is 158 Å². The number of nitrogens with zero attached hydrogens (tertiary/aromatic N) is 2. The lowest BCUT2D eigenvalue weighted by molar-refractivity contribution is -0.154. The predicted molar refractivity (Wildman–Crippen MR) is 91.3 cm³/mol. The number of aryl methyl sites for hydroxylation is 1. The summed E-state index contributed by atoms with van der Waals surface area (Å²) in [4.78, 5) is 30.6. The summed E-state index contributed by atoms with van der Waals surface area (Å²) >= 11 is 0. The molecule has 2 aromatic rings. The van der Waals surface area contributed by atoms with Gasteiger partial charge in [0.25, 0.3) is 5.91 Å². The molecule has 4 rings (SSSR count). The summed E-state index contributed by atoms with van der Waals surface area (Å²) in [5.41, 5.74) is 0.967. The van der Waals surface area contributed by atoms with Crippen molar-refractivity contribution in [3.8, 4) is 5.88 Å². The smallest absolute Gasteiger partial charge is 0.422 e. The molecule has 1 aliphatic heterocycles. The summed E-state index contributed by atoms with van der Waals surface area (Å²) in [7, 11) is 0. The molecule has 1 aromatic heterocycles. The van der Waals surface area contributed by atoms with E-state index in [0.29, 0.717) is 12.8 Å². The van der Waals surface area contributed by atoms with Gasteiger partial charge < -0.3 is 10.1 Å². The number of amides is 3. The minimum atomic E-state index is -4.48. The van der Waals surface area contributed by atoms with Gasteiger partial charge in [0, 0.05) is 6.07 Å². The molecule has 1 unspecified atom stereocenters. The number of aromatic nitrogens is 1. The van der Waals surface area contributed by atoms with E-state index in [-0.39, 0.29) is 24.0 Å². The van der Waals surface area contributed by atoms with E-state index in [1.165, 1.54) is 18.2 Å². The summed E-state index contributed by atoms with van der Waals surface area (Å²) in [6, 6.07) is 11.2. The van der Waals surface area contributed by atoms with E-state index >= 15 is 0 Å². The second-order valence-corrected chi connectivity index (χ2v) is 6.75. The molecule has 1 N–H and O–H groups in total. The molecule has 2 aliphatic rings. The maximum Gasteiger partial charge on any atom is 0.422 e. The maximum atomic E-state index is 13.1. The zero-order valence-corrected chi connectivity index (χ0v) is 14.6. The number of fused-ring (bicyclic) bond motifs is 2. The molecule has 1 atom stereocenters. The van der Waals surface area contributed by atoms with Crippen LogP contribution in [0.25, 0.3) is 0 Å². The molecule has 1 fully saturated rings. The van der Waals surface area contributed by atoms with Gasteiger partial charge in [-0.25, -0.2) is 9.78 Å². The van der Waals surface area contributed by atoms with Gasteiger partial charge in [0.1, 0.15) is 5.54 Å². The molecule has 0 saturated carbocycles. The van der Waals surface area contributed by atoms with Crippen LogP contribution in [-0.2, 0) is 23.3 Å². The third-order valence-electron chi connectivity index (χ3n) is 4.91. The summed E-state index contributed by atoms with van der Waals surface area (Å²) in [5.74, 6) is -0.603. The molecular weight excluding hydrogens is 375 g/mol. The standard InChI is InChI=1S/C19H16F3N3O3/c20-19(21,22)11-28-15-7-3-5-13(23-15)10-25-16(26)18(24-17(25)27)9-8-12-4-1-2-6-14(12)18/h1-7H,8-11H2,(H,24,27). The Kier molecular flexibility index (Phi) is 4.24. The number of nitrogens with one attached hydrogen (secondary N) is 1. The zero-order valence-electron chi connectivity index (χ0n) is 14.6. The normalized spacial score (nSPS) is 21.2. The predicted octanol–water partition coefficient (Wildman–Crippen LogP) is 2.92. The lowest BCUT2D eigenvalue weighted by Crippen LogP contribution is -2.41. The number of carbonyl (C=O) groups excluding carboxylic acids is 2. The van der Waals surface area contributed by atoms with Crippen LogP contribution in [0.5, 0.6) is 5.88 Å². The first-order chi connectivity index (χ1) is 13.3. The Morgan fingerprint density at radius 3 is 2.71 bits per heavy atom. The highest BCUT2D eigenvalue weighted by Crippen LogP contribution is 2.41. The Hall–Kier alpha value is -3.10. The number of urea groups is 1. The van der Waals surface area contributed by atoms with Crippen LogP contribution in [0.1, 0.15) is 23.2 Å². The van der Waals surface area contributed by atoms with Crippen LogP contribution in [0.2, 0.25) is 0 Å². The van der Waals surface area contributed by atoms with E-state index in [1.807, 2.05) is 24.3 Å². The van der Waals surface area contributed by atoms with Gasteiger partial charge in [-0.2, -0.15) is 13.2 Å². The second kappa shape index (κ2) is 6.50. The summed E-state index contributed by atoms with van der Waals surface area (Å²) < 4.78 is 41.5. The molecule has 146 valence electrons. The van der Waals surface area contributed by atoms with Crippen molar-refractivity contribution in [3.05, 3.63) is 59.3 Å². The fourth-order valence-corrected chi connectivity index (χ4v) is 3.68. The molecule has 0 radical (unpaired) electrons. The largest absolute Gasteiger partial charge is 0.468 e. The average Bonchev–Trinajstić information content (AvgIpc) is 3.14. The summed E-state index contributed by atoms with van der Waals surface area (Å²) in [6.45, 7) is -1.62. The highest BCUT2D eigenvalue weighted by Gasteiger charge is 2.55. The average molecular weight is 391 g/mol. The molecule has 0 bridgehead atoms. The van der Waals surface area contributed by atoms with Crippen molar-refractivity contribution in [1.82, 2.24) is 15.2 Å². The summed E-state index contributed by atoms with van der Waals surface area (Å²) in [5, 5.41) is 2.79. The van der Waals surface area contributed by atoms with Crippen molar-refractivity contribution in [1.29, 1.82) is 0 Å². The number of alkyl halides is 3. The summed E-state index contributed by atoms with van der Waals surface area (Å²) in [6.07, 6.45) is -3.34. The van der Waals surface area contributed by atoms with E-state index in [2.05, 4.69) is 15.0 Å². The van der Waals surface area contributed by atoms with Gasteiger partial charge in [-0.15, -0.1) is 0 Å². The number of carbonyl (C=O) groups is 2. The number of halogens is 3. The fraction of sp³-hybridized carbons (Fsp3) is 0.316. The minimum absolute atomic E-state index is 0.155. The molecule has 1 aliphatic carbocycles. The van der Waals surface area contributed by atoms with Crippen LogP contribution >= 0.6 is 0 Å². The maximum absolute atomic E-state index is 13.1. The molecule has 6 nitrogen and oxygen atoms in total. The van der Waals surface area contributed by atoms with Crippen LogP contribution in [0, 0.1) is 0 Å². The van der Waals surface area contributed by atoms with E-state index in [9.17, 15) is 22.8 Å². The fourth-order valence-electron chi connectivity index (χ4n) is 3.68. The van der Waals surface area contributed by atoms with Crippen LogP contribution in [-0.4, -0.2) is 34.6 Å². The minimum Gasteiger partial charge on any atom is -0.468 e. The third kappa shape index (κ3) is 3.17. The molecule has 2 heterocycles. The van der Waals surface area contributed by atoms with E-state index in [4.69, 9.17) is 0 Å². The Balaban J connectivity index is 1.54. The second-order valence-electron chi connectivity index (χ2n) is 6.75. The first-order valence-corrected chi connectivity index (χ1v) is 8.66. The first-order valence-electron chi connectivity index (χ1n) is 8.66. The van der Waals surface area contributed by atoms with Crippen LogP contribution in [0.4, 0.5) is 18.0 Å². The molecule has 1 aromatic carbocycles. The number of hydrogen-bond acceptors (Lipinski definition) is 4. The number of rotatable bonds is 4. The van der Waals surface area contributed by atoms with Crippen molar-refractivity contribution in [3.63, 3.8) is 0 Å².